The third kappa shape index (κ3) is 1.80. The number of hydrogen-bond donors (Lipinski definition) is 0. The van der Waals surface area contributed by atoms with Crippen LogP contribution in [0.4, 0.5) is 0 Å². The summed E-state index contributed by atoms with van der Waals surface area (Å²) in [7, 11) is 3.62. The Hall–Kier alpha value is -1.49. The number of halogens is 1. The summed E-state index contributed by atoms with van der Waals surface area (Å²) in [6.45, 7) is 0.258. The van der Waals surface area contributed by atoms with Crippen molar-refractivity contribution in [2.24, 2.45) is 7.05 Å². The molecular weight excluding hydrogens is 286 g/mol. The van der Waals surface area contributed by atoms with Gasteiger partial charge in [0.05, 0.1) is 12.5 Å². The summed E-state index contributed by atoms with van der Waals surface area (Å²) in [5, 5.41) is 2.11. The molecule has 0 N–H and O–H groups in total. The maximum Gasteiger partial charge on any atom is 0.231 e. The predicted molar refractivity (Wildman–Crippen MR) is 57.8 cm³/mol. The standard InChI is InChI=1S/C12H12NO3.BrH/c1-13-4-3-8-5-10-12(16-7-15-10)11(14-2)9(8)6-13;/h3-6H,7H2,1-2H3;1H/q+1;/p-1. The number of nitrogens with zero attached hydrogens (tertiary/aromatic N) is 1. The van der Waals surface area contributed by atoms with Crippen LogP contribution in [0.5, 0.6) is 17.2 Å². The molecule has 0 spiro atoms. The fourth-order valence-electron chi connectivity index (χ4n) is 1.96. The third-order valence-corrected chi connectivity index (χ3v) is 2.72. The Morgan fingerprint density at radius 1 is 1.35 bits per heavy atom. The summed E-state index contributed by atoms with van der Waals surface area (Å²) in [5.41, 5.74) is 0. The molecule has 1 aromatic heterocycles. The number of fused-ring (bicyclic) bond motifs is 2. The quantitative estimate of drug-likeness (QED) is 0.595. The minimum Gasteiger partial charge on any atom is -1.00 e. The molecule has 0 saturated heterocycles. The summed E-state index contributed by atoms with van der Waals surface area (Å²) in [4.78, 5) is 0. The van der Waals surface area contributed by atoms with Crippen LogP contribution in [0.2, 0.25) is 0 Å². The lowest BCUT2D eigenvalue weighted by Crippen LogP contribution is -3.00. The Bertz CT molecular complexity index is 571. The molecule has 0 radical (unpaired) electrons. The number of methoxy groups -OCH3 is 1. The molecule has 0 bridgehead atoms. The summed E-state index contributed by atoms with van der Waals surface area (Å²) in [5.74, 6) is 2.18. The van der Waals surface area contributed by atoms with Gasteiger partial charge >= 0.3 is 0 Å². The predicted octanol–water partition coefficient (Wildman–Crippen LogP) is -1.59. The number of pyridine rings is 1. The van der Waals surface area contributed by atoms with E-state index in [0.29, 0.717) is 5.75 Å². The average molecular weight is 298 g/mol. The van der Waals surface area contributed by atoms with Gasteiger partial charge in [0.2, 0.25) is 12.5 Å². The summed E-state index contributed by atoms with van der Waals surface area (Å²) in [6.07, 6.45) is 4.00. The summed E-state index contributed by atoms with van der Waals surface area (Å²) < 4.78 is 18.2. The number of benzene rings is 1. The molecule has 0 aliphatic carbocycles. The van der Waals surface area contributed by atoms with Crippen molar-refractivity contribution in [2.75, 3.05) is 13.9 Å². The highest BCUT2D eigenvalue weighted by atomic mass is 79.9. The van der Waals surface area contributed by atoms with E-state index in [4.69, 9.17) is 14.2 Å². The van der Waals surface area contributed by atoms with Crippen LogP contribution in [0.1, 0.15) is 0 Å². The zero-order chi connectivity index (χ0) is 11.1. The van der Waals surface area contributed by atoms with Crippen molar-refractivity contribution >= 4 is 10.8 Å². The SMILES string of the molecule is COc1c2c(cc3cc[n+](C)cc13)OCO2.[Br-]. The van der Waals surface area contributed by atoms with Gasteiger partial charge in [-0.3, -0.25) is 0 Å². The Morgan fingerprint density at radius 3 is 2.94 bits per heavy atom. The van der Waals surface area contributed by atoms with Crippen LogP contribution in [0.3, 0.4) is 0 Å². The van der Waals surface area contributed by atoms with Crippen molar-refractivity contribution in [3.8, 4) is 17.2 Å². The third-order valence-electron chi connectivity index (χ3n) is 2.72. The van der Waals surface area contributed by atoms with Gasteiger partial charge < -0.3 is 31.2 Å². The molecule has 17 heavy (non-hydrogen) atoms. The van der Waals surface area contributed by atoms with Gasteiger partial charge in [-0.25, -0.2) is 4.57 Å². The van der Waals surface area contributed by atoms with E-state index in [0.717, 1.165) is 22.3 Å². The molecule has 0 unspecified atom stereocenters. The van der Waals surface area contributed by atoms with Crippen LogP contribution in [0.25, 0.3) is 10.8 Å². The average Bonchev–Trinajstić information content (AvgIpc) is 2.73. The summed E-state index contributed by atoms with van der Waals surface area (Å²) in [6, 6.07) is 4.00. The second kappa shape index (κ2) is 4.41. The summed E-state index contributed by atoms with van der Waals surface area (Å²) >= 11 is 0. The molecule has 2 aromatic rings. The highest BCUT2D eigenvalue weighted by Gasteiger charge is 2.22. The van der Waals surface area contributed by atoms with E-state index < -0.39 is 0 Å². The fraction of sp³-hybridized carbons (Fsp3) is 0.250. The molecular formula is C12H12BrNO3. The molecule has 4 nitrogen and oxygen atoms in total. The molecule has 1 aliphatic rings. The van der Waals surface area contributed by atoms with Crippen molar-refractivity contribution in [3.05, 3.63) is 24.5 Å². The molecule has 0 fully saturated rings. The van der Waals surface area contributed by atoms with Gasteiger partial charge in [-0.05, 0) is 6.07 Å². The van der Waals surface area contributed by atoms with Crippen LogP contribution >= 0.6 is 0 Å². The Balaban J connectivity index is 0.00000108. The number of rotatable bonds is 1. The van der Waals surface area contributed by atoms with Gasteiger partial charge in [0, 0.05) is 11.5 Å². The minimum atomic E-state index is 0. The maximum absolute atomic E-state index is 5.41. The molecule has 2 heterocycles. The Morgan fingerprint density at radius 2 is 2.18 bits per heavy atom. The van der Waals surface area contributed by atoms with E-state index in [1.165, 1.54) is 0 Å². The molecule has 1 aliphatic heterocycles. The molecule has 0 atom stereocenters. The first-order valence-electron chi connectivity index (χ1n) is 5.05. The van der Waals surface area contributed by atoms with Crippen molar-refractivity contribution in [1.82, 2.24) is 0 Å². The Kier molecular flexibility index (Phi) is 3.11. The number of hydrogen-bond acceptors (Lipinski definition) is 3. The van der Waals surface area contributed by atoms with Crippen molar-refractivity contribution in [2.45, 2.75) is 0 Å². The minimum absolute atomic E-state index is 0. The van der Waals surface area contributed by atoms with Crippen molar-refractivity contribution in [3.63, 3.8) is 0 Å². The fourth-order valence-corrected chi connectivity index (χ4v) is 1.96. The number of aromatic nitrogens is 1. The van der Waals surface area contributed by atoms with Crippen LogP contribution in [0, 0.1) is 0 Å². The highest BCUT2D eigenvalue weighted by Crippen LogP contribution is 2.45. The van der Waals surface area contributed by atoms with E-state index in [9.17, 15) is 0 Å². The second-order valence-electron chi connectivity index (χ2n) is 3.76. The zero-order valence-corrected chi connectivity index (χ0v) is 11.2. The van der Waals surface area contributed by atoms with Crippen LogP contribution < -0.4 is 35.8 Å². The van der Waals surface area contributed by atoms with Gasteiger partial charge in [0.1, 0.15) is 7.05 Å². The van der Waals surface area contributed by atoms with Gasteiger partial charge in [0.25, 0.3) is 0 Å². The molecule has 90 valence electrons. The van der Waals surface area contributed by atoms with Crippen LogP contribution in [-0.4, -0.2) is 13.9 Å². The Labute approximate surface area is 109 Å². The lowest BCUT2D eigenvalue weighted by atomic mass is 10.1. The van der Waals surface area contributed by atoms with E-state index in [-0.39, 0.29) is 23.8 Å². The monoisotopic (exact) mass is 297 g/mol. The molecule has 0 saturated carbocycles. The zero-order valence-electron chi connectivity index (χ0n) is 9.57. The van der Waals surface area contributed by atoms with Crippen molar-refractivity contribution in [1.29, 1.82) is 0 Å². The largest absolute Gasteiger partial charge is 1.00 e. The molecule has 1 aromatic carbocycles. The molecule has 3 rings (SSSR count). The second-order valence-corrected chi connectivity index (χ2v) is 3.76. The van der Waals surface area contributed by atoms with Crippen LogP contribution in [0.15, 0.2) is 24.5 Å². The van der Waals surface area contributed by atoms with E-state index in [2.05, 4.69) is 0 Å². The number of aryl methyl sites for hydroxylation is 1. The first-order chi connectivity index (χ1) is 7.79. The van der Waals surface area contributed by atoms with E-state index in [1.807, 2.05) is 36.1 Å². The number of ether oxygens (including phenoxy) is 3. The van der Waals surface area contributed by atoms with Gasteiger partial charge in [-0.15, -0.1) is 0 Å². The lowest BCUT2D eigenvalue weighted by molar-refractivity contribution is -0.670. The maximum atomic E-state index is 5.41. The lowest BCUT2D eigenvalue weighted by Gasteiger charge is -2.07. The van der Waals surface area contributed by atoms with E-state index >= 15 is 0 Å². The first kappa shape index (κ1) is 12.0. The topological polar surface area (TPSA) is 31.6 Å². The smallest absolute Gasteiger partial charge is 0.231 e. The van der Waals surface area contributed by atoms with Gasteiger partial charge in [0.15, 0.2) is 23.9 Å². The van der Waals surface area contributed by atoms with Gasteiger partial charge in [-0.2, -0.15) is 0 Å². The van der Waals surface area contributed by atoms with E-state index in [1.54, 1.807) is 7.11 Å². The normalized spacial score (nSPS) is 12.4. The van der Waals surface area contributed by atoms with Gasteiger partial charge in [-0.1, -0.05) is 0 Å². The highest BCUT2D eigenvalue weighted by molar-refractivity contribution is 5.92. The molecule has 5 heteroatoms. The van der Waals surface area contributed by atoms with Crippen LogP contribution in [-0.2, 0) is 7.05 Å². The van der Waals surface area contributed by atoms with Crippen molar-refractivity contribution < 1.29 is 35.8 Å². The molecule has 0 amide bonds. The first-order valence-corrected chi connectivity index (χ1v) is 5.05.